The van der Waals surface area contributed by atoms with Gasteiger partial charge in [-0.2, -0.15) is 0 Å². The number of morpholine rings is 1. The van der Waals surface area contributed by atoms with Gasteiger partial charge in [0.2, 0.25) is 0 Å². The Morgan fingerprint density at radius 1 is 1.17 bits per heavy atom. The standard InChI is InChI=1S/C14H24N2O2/c17-14(13-10-15-7-9-18-13)16-8-3-5-11-4-1-2-6-12(11)16/h11-13,15H,1-10H2/t11-,12-,13?/m1/s1. The number of likely N-dealkylation sites (tertiary alicyclic amines) is 1. The van der Waals surface area contributed by atoms with E-state index < -0.39 is 0 Å². The third kappa shape index (κ3) is 2.41. The van der Waals surface area contributed by atoms with Crippen LogP contribution >= 0.6 is 0 Å². The zero-order chi connectivity index (χ0) is 12.4. The van der Waals surface area contributed by atoms with Crippen LogP contribution in [0.5, 0.6) is 0 Å². The number of piperidine rings is 1. The largest absolute Gasteiger partial charge is 0.366 e. The summed E-state index contributed by atoms with van der Waals surface area (Å²) >= 11 is 0. The van der Waals surface area contributed by atoms with Crippen LogP contribution < -0.4 is 5.32 Å². The number of carbonyl (C=O) groups excluding carboxylic acids is 1. The average molecular weight is 252 g/mol. The van der Waals surface area contributed by atoms with Crippen LogP contribution in [0, 0.1) is 5.92 Å². The van der Waals surface area contributed by atoms with E-state index in [0.29, 0.717) is 19.2 Å². The highest BCUT2D eigenvalue weighted by Gasteiger charge is 2.38. The number of carbonyl (C=O) groups is 1. The lowest BCUT2D eigenvalue weighted by Gasteiger charge is -2.45. The highest BCUT2D eigenvalue weighted by molar-refractivity contribution is 5.81. The summed E-state index contributed by atoms with van der Waals surface area (Å²) in [4.78, 5) is 14.7. The van der Waals surface area contributed by atoms with Crippen LogP contribution in [0.15, 0.2) is 0 Å². The monoisotopic (exact) mass is 252 g/mol. The van der Waals surface area contributed by atoms with Crippen molar-refractivity contribution < 1.29 is 9.53 Å². The maximum absolute atomic E-state index is 12.6. The second-order valence-electron chi connectivity index (χ2n) is 5.85. The number of ether oxygens (including phenoxy) is 1. The number of amides is 1. The molecule has 1 saturated carbocycles. The first-order chi connectivity index (χ1) is 8.86. The Balaban J connectivity index is 1.67. The fourth-order valence-electron chi connectivity index (χ4n) is 3.81. The van der Waals surface area contributed by atoms with E-state index in [0.717, 1.165) is 19.0 Å². The third-order valence-corrected chi connectivity index (χ3v) is 4.73. The van der Waals surface area contributed by atoms with E-state index in [1.54, 1.807) is 0 Å². The number of nitrogens with one attached hydrogen (secondary N) is 1. The summed E-state index contributed by atoms with van der Waals surface area (Å²) < 4.78 is 5.62. The van der Waals surface area contributed by atoms with Crippen LogP contribution in [0.3, 0.4) is 0 Å². The van der Waals surface area contributed by atoms with Gasteiger partial charge in [-0.25, -0.2) is 0 Å². The molecule has 102 valence electrons. The van der Waals surface area contributed by atoms with Gasteiger partial charge in [0, 0.05) is 25.7 Å². The molecule has 0 spiro atoms. The van der Waals surface area contributed by atoms with Gasteiger partial charge in [0.1, 0.15) is 6.10 Å². The highest BCUT2D eigenvalue weighted by Crippen LogP contribution is 2.35. The molecule has 0 aromatic carbocycles. The van der Waals surface area contributed by atoms with Gasteiger partial charge in [-0.3, -0.25) is 4.79 Å². The van der Waals surface area contributed by atoms with Crippen molar-refractivity contribution in [1.29, 1.82) is 0 Å². The number of hydrogen-bond donors (Lipinski definition) is 1. The molecule has 0 bridgehead atoms. The average Bonchev–Trinajstić information content (AvgIpc) is 2.47. The molecule has 3 fully saturated rings. The van der Waals surface area contributed by atoms with Gasteiger partial charge in [0.05, 0.1) is 6.61 Å². The number of hydrogen-bond acceptors (Lipinski definition) is 3. The molecule has 4 heteroatoms. The molecule has 3 rings (SSSR count). The van der Waals surface area contributed by atoms with Gasteiger partial charge < -0.3 is 15.0 Å². The minimum atomic E-state index is -0.237. The Hall–Kier alpha value is -0.610. The Kier molecular flexibility index (Phi) is 3.85. The molecule has 4 nitrogen and oxygen atoms in total. The molecular formula is C14H24N2O2. The van der Waals surface area contributed by atoms with Gasteiger partial charge in [0.25, 0.3) is 5.91 Å². The smallest absolute Gasteiger partial charge is 0.253 e. The fraction of sp³-hybridized carbons (Fsp3) is 0.929. The third-order valence-electron chi connectivity index (χ3n) is 4.73. The fourth-order valence-corrected chi connectivity index (χ4v) is 3.81. The van der Waals surface area contributed by atoms with Gasteiger partial charge in [0.15, 0.2) is 0 Å². The normalized spacial score (nSPS) is 37.1. The first-order valence-electron chi connectivity index (χ1n) is 7.49. The van der Waals surface area contributed by atoms with Crippen LogP contribution in [0.4, 0.5) is 0 Å². The lowest BCUT2D eigenvalue weighted by atomic mass is 9.78. The SMILES string of the molecule is O=C(C1CNCCO1)N1CCC[C@H]2CCCC[C@H]21. The van der Waals surface area contributed by atoms with Gasteiger partial charge in [-0.15, -0.1) is 0 Å². The maximum atomic E-state index is 12.6. The van der Waals surface area contributed by atoms with E-state index in [-0.39, 0.29) is 12.0 Å². The maximum Gasteiger partial charge on any atom is 0.253 e. The highest BCUT2D eigenvalue weighted by atomic mass is 16.5. The molecule has 0 aromatic heterocycles. The van der Waals surface area contributed by atoms with Crippen molar-refractivity contribution in [3.05, 3.63) is 0 Å². The zero-order valence-electron chi connectivity index (χ0n) is 11.1. The van der Waals surface area contributed by atoms with E-state index in [1.165, 1.54) is 38.5 Å². The summed E-state index contributed by atoms with van der Waals surface area (Å²) in [7, 11) is 0. The van der Waals surface area contributed by atoms with Gasteiger partial charge in [-0.1, -0.05) is 12.8 Å². The molecule has 1 amide bonds. The van der Waals surface area contributed by atoms with E-state index >= 15 is 0 Å². The van der Waals surface area contributed by atoms with Gasteiger partial charge >= 0.3 is 0 Å². The van der Waals surface area contributed by atoms with E-state index in [2.05, 4.69) is 10.2 Å². The van der Waals surface area contributed by atoms with Crippen LogP contribution in [-0.4, -0.2) is 49.2 Å². The van der Waals surface area contributed by atoms with Crippen molar-refractivity contribution in [2.75, 3.05) is 26.2 Å². The first-order valence-corrected chi connectivity index (χ1v) is 7.49. The van der Waals surface area contributed by atoms with E-state index in [4.69, 9.17) is 4.74 Å². The molecule has 3 atom stereocenters. The summed E-state index contributed by atoms with van der Waals surface area (Å²) in [5, 5.41) is 3.25. The second-order valence-corrected chi connectivity index (χ2v) is 5.85. The molecule has 18 heavy (non-hydrogen) atoms. The molecule has 1 aliphatic carbocycles. The molecule has 2 aliphatic heterocycles. The van der Waals surface area contributed by atoms with Crippen LogP contribution in [0.2, 0.25) is 0 Å². The Morgan fingerprint density at radius 3 is 2.83 bits per heavy atom. The summed E-state index contributed by atoms with van der Waals surface area (Å²) in [6.45, 7) is 3.17. The molecule has 0 aromatic rings. The summed E-state index contributed by atoms with van der Waals surface area (Å²) in [6, 6.07) is 0.505. The van der Waals surface area contributed by atoms with Crippen molar-refractivity contribution in [3.63, 3.8) is 0 Å². The van der Waals surface area contributed by atoms with E-state index in [9.17, 15) is 4.79 Å². The number of fused-ring (bicyclic) bond motifs is 1. The van der Waals surface area contributed by atoms with Gasteiger partial charge in [-0.05, 0) is 31.6 Å². The van der Waals surface area contributed by atoms with E-state index in [1.807, 2.05) is 0 Å². The zero-order valence-corrected chi connectivity index (χ0v) is 11.1. The molecule has 3 aliphatic rings. The van der Waals surface area contributed by atoms with Crippen molar-refractivity contribution >= 4 is 5.91 Å². The minimum Gasteiger partial charge on any atom is -0.366 e. The lowest BCUT2D eigenvalue weighted by molar-refractivity contribution is -0.151. The van der Waals surface area contributed by atoms with Crippen LogP contribution in [0.1, 0.15) is 38.5 Å². The molecule has 2 heterocycles. The lowest BCUT2D eigenvalue weighted by Crippen LogP contribution is -2.56. The molecule has 1 N–H and O–H groups in total. The molecule has 1 unspecified atom stereocenters. The van der Waals surface area contributed by atoms with Crippen molar-refractivity contribution in [2.45, 2.75) is 50.7 Å². The second kappa shape index (κ2) is 5.57. The quantitative estimate of drug-likeness (QED) is 0.761. The topological polar surface area (TPSA) is 41.6 Å². The predicted octanol–water partition coefficient (Wildman–Crippen LogP) is 1.16. The molecular weight excluding hydrogens is 228 g/mol. The first kappa shape index (κ1) is 12.4. The Morgan fingerprint density at radius 2 is 2.00 bits per heavy atom. The number of rotatable bonds is 1. The van der Waals surface area contributed by atoms with Crippen molar-refractivity contribution in [3.8, 4) is 0 Å². The van der Waals surface area contributed by atoms with Crippen molar-refractivity contribution in [2.24, 2.45) is 5.92 Å². The predicted molar refractivity (Wildman–Crippen MR) is 69.3 cm³/mol. The van der Waals surface area contributed by atoms with Crippen LogP contribution in [-0.2, 0) is 9.53 Å². The van der Waals surface area contributed by atoms with Crippen LogP contribution in [0.25, 0.3) is 0 Å². The molecule has 2 saturated heterocycles. The summed E-state index contributed by atoms with van der Waals surface area (Å²) in [5.74, 6) is 0.992. The molecule has 0 radical (unpaired) electrons. The minimum absolute atomic E-state index is 0.235. The summed E-state index contributed by atoms with van der Waals surface area (Å²) in [5.41, 5.74) is 0. The Labute approximate surface area is 109 Å². The number of nitrogens with zero attached hydrogens (tertiary/aromatic N) is 1. The van der Waals surface area contributed by atoms with Crippen molar-refractivity contribution in [1.82, 2.24) is 10.2 Å². The Bertz CT molecular complexity index is 300. The summed E-state index contributed by atoms with van der Waals surface area (Å²) in [6.07, 6.45) is 7.42.